The van der Waals surface area contributed by atoms with Gasteiger partial charge in [-0.15, -0.1) is 0 Å². The van der Waals surface area contributed by atoms with Crippen LogP contribution in [0.1, 0.15) is 20.3 Å². The zero-order valence-electron chi connectivity index (χ0n) is 11.4. The SMILES string of the molecule is CCNC(=O)CN(C)C(=O)NCC(C)(O)CC(=O)O. The van der Waals surface area contributed by atoms with Crippen LogP contribution in [0.25, 0.3) is 0 Å². The van der Waals surface area contributed by atoms with E-state index in [2.05, 4.69) is 10.6 Å². The largest absolute Gasteiger partial charge is 0.481 e. The van der Waals surface area contributed by atoms with Crippen LogP contribution in [0.3, 0.4) is 0 Å². The van der Waals surface area contributed by atoms with Crippen LogP contribution < -0.4 is 10.6 Å². The lowest BCUT2D eigenvalue weighted by Crippen LogP contribution is -2.48. The summed E-state index contributed by atoms with van der Waals surface area (Å²) >= 11 is 0. The van der Waals surface area contributed by atoms with E-state index in [1.165, 1.54) is 14.0 Å². The first-order valence-electron chi connectivity index (χ1n) is 5.88. The van der Waals surface area contributed by atoms with E-state index in [1.54, 1.807) is 6.92 Å². The van der Waals surface area contributed by atoms with E-state index in [1.807, 2.05) is 0 Å². The summed E-state index contributed by atoms with van der Waals surface area (Å²) in [6.45, 7) is 3.23. The normalized spacial score (nSPS) is 13.3. The van der Waals surface area contributed by atoms with Gasteiger partial charge in [0.1, 0.15) is 6.54 Å². The topological polar surface area (TPSA) is 119 Å². The molecule has 19 heavy (non-hydrogen) atoms. The number of hydrogen-bond acceptors (Lipinski definition) is 4. The number of hydrogen-bond donors (Lipinski definition) is 4. The van der Waals surface area contributed by atoms with Crippen molar-refractivity contribution in [2.24, 2.45) is 0 Å². The third-order valence-electron chi connectivity index (χ3n) is 2.25. The Morgan fingerprint density at radius 3 is 2.32 bits per heavy atom. The van der Waals surface area contributed by atoms with Crippen molar-refractivity contribution in [2.45, 2.75) is 25.9 Å². The summed E-state index contributed by atoms with van der Waals surface area (Å²) in [7, 11) is 1.43. The van der Waals surface area contributed by atoms with Crippen molar-refractivity contribution in [3.05, 3.63) is 0 Å². The van der Waals surface area contributed by atoms with Crippen molar-refractivity contribution in [3.63, 3.8) is 0 Å². The highest BCUT2D eigenvalue weighted by molar-refractivity contribution is 5.83. The summed E-state index contributed by atoms with van der Waals surface area (Å²) in [5, 5.41) is 23.2. The molecule has 0 aliphatic heterocycles. The molecule has 0 aromatic rings. The average Bonchev–Trinajstić information content (AvgIpc) is 2.24. The maximum atomic E-state index is 11.6. The first-order chi connectivity index (χ1) is 8.68. The molecular weight excluding hydrogens is 254 g/mol. The number of aliphatic hydroxyl groups is 1. The molecule has 0 bridgehead atoms. The quantitative estimate of drug-likeness (QED) is 0.474. The fourth-order valence-corrected chi connectivity index (χ4v) is 1.33. The molecule has 0 aliphatic carbocycles. The maximum absolute atomic E-state index is 11.6. The maximum Gasteiger partial charge on any atom is 0.317 e. The van der Waals surface area contributed by atoms with Gasteiger partial charge in [0.05, 0.1) is 12.0 Å². The van der Waals surface area contributed by atoms with Gasteiger partial charge in [-0.05, 0) is 13.8 Å². The van der Waals surface area contributed by atoms with Gasteiger partial charge in [-0.25, -0.2) is 4.79 Å². The van der Waals surface area contributed by atoms with Crippen molar-refractivity contribution >= 4 is 17.9 Å². The van der Waals surface area contributed by atoms with Gasteiger partial charge < -0.3 is 25.7 Å². The third-order valence-corrected chi connectivity index (χ3v) is 2.25. The first-order valence-corrected chi connectivity index (χ1v) is 5.88. The molecule has 110 valence electrons. The van der Waals surface area contributed by atoms with Crippen LogP contribution in [-0.4, -0.2) is 65.3 Å². The lowest BCUT2D eigenvalue weighted by Gasteiger charge is -2.24. The number of carboxylic acid groups (broad SMARTS) is 1. The molecular formula is C11H21N3O5. The predicted octanol–water partition coefficient (Wildman–Crippen LogP) is -1.01. The minimum absolute atomic E-state index is 0.110. The fourth-order valence-electron chi connectivity index (χ4n) is 1.33. The van der Waals surface area contributed by atoms with E-state index in [9.17, 15) is 19.5 Å². The second-order valence-electron chi connectivity index (χ2n) is 4.54. The third kappa shape index (κ3) is 7.98. The Hall–Kier alpha value is -1.83. The van der Waals surface area contributed by atoms with E-state index >= 15 is 0 Å². The summed E-state index contributed by atoms with van der Waals surface area (Å²) in [5.74, 6) is -1.45. The molecule has 4 N–H and O–H groups in total. The number of urea groups is 1. The Balaban J connectivity index is 4.16. The Labute approximate surface area is 111 Å². The van der Waals surface area contributed by atoms with Crippen LogP contribution in [0.4, 0.5) is 4.79 Å². The van der Waals surface area contributed by atoms with Gasteiger partial charge in [0, 0.05) is 20.1 Å². The molecule has 8 heteroatoms. The minimum atomic E-state index is -1.53. The standard InChI is InChI=1S/C11H21N3O5/c1-4-12-8(15)6-14(3)10(18)13-7-11(2,19)5-9(16)17/h19H,4-7H2,1-3H3,(H,12,15)(H,13,18)(H,16,17). The molecule has 0 spiro atoms. The summed E-state index contributed by atoms with van der Waals surface area (Å²) in [4.78, 5) is 34.5. The van der Waals surface area contributed by atoms with Gasteiger partial charge in [-0.3, -0.25) is 9.59 Å². The van der Waals surface area contributed by atoms with Gasteiger partial charge in [0.2, 0.25) is 5.91 Å². The fraction of sp³-hybridized carbons (Fsp3) is 0.727. The lowest BCUT2D eigenvalue weighted by molar-refractivity contribution is -0.141. The smallest absolute Gasteiger partial charge is 0.317 e. The Morgan fingerprint density at radius 2 is 1.84 bits per heavy atom. The van der Waals surface area contributed by atoms with Crippen LogP contribution >= 0.6 is 0 Å². The van der Waals surface area contributed by atoms with Crippen molar-refractivity contribution in [2.75, 3.05) is 26.7 Å². The van der Waals surface area contributed by atoms with E-state index < -0.39 is 24.0 Å². The molecule has 0 aliphatic rings. The van der Waals surface area contributed by atoms with Crippen LogP contribution in [0.5, 0.6) is 0 Å². The number of rotatable bonds is 7. The molecule has 1 unspecified atom stereocenters. The molecule has 0 radical (unpaired) electrons. The number of nitrogens with one attached hydrogen (secondary N) is 2. The molecule has 3 amide bonds. The minimum Gasteiger partial charge on any atom is -0.481 e. The zero-order chi connectivity index (χ0) is 15.1. The molecule has 8 nitrogen and oxygen atoms in total. The average molecular weight is 275 g/mol. The summed E-state index contributed by atoms with van der Waals surface area (Å²) in [5.41, 5.74) is -1.53. The zero-order valence-corrected chi connectivity index (χ0v) is 11.4. The molecule has 0 saturated heterocycles. The lowest BCUT2D eigenvalue weighted by atomic mass is 10.0. The molecule has 0 aromatic carbocycles. The Bertz CT molecular complexity index is 343. The molecule has 0 heterocycles. The Morgan fingerprint density at radius 1 is 1.26 bits per heavy atom. The number of carboxylic acids is 1. The Kier molecular flexibility index (Phi) is 6.84. The highest BCUT2D eigenvalue weighted by atomic mass is 16.4. The predicted molar refractivity (Wildman–Crippen MR) is 67.6 cm³/mol. The second kappa shape index (κ2) is 7.57. The van der Waals surface area contributed by atoms with Crippen LogP contribution in [-0.2, 0) is 9.59 Å². The molecule has 0 rings (SSSR count). The van der Waals surface area contributed by atoms with E-state index in [4.69, 9.17) is 5.11 Å². The number of carbonyl (C=O) groups is 3. The van der Waals surface area contributed by atoms with Gasteiger partial charge in [-0.1, -0.05) is 0 Å². The van der Waals surface area contributed by atoms with Crippen LogP contribution in [0, 0.1) is 0 Å². The van der Waals surface area contributed by atoms with Crippen molar-refractivity contribution in [3.8, 4) is 0 Å². The van der Waals surface area contributed by atoms with E-state index in [0.717, 1.165) is 4.90 Å². The second-order valence-corrected chi connectivity index (χ2v) is 4.54. The van der Waals surface area contributed by atoms with Crippen molar-refractivity contribution in [1.82, 2.24) is 15.5 Å². The van der Waals surface area contributed by atoms with Crippen LogP contribution in [0.15, 0.2) is 0 Å². The molecule has 0 aromatic heterocycles. The van der Waals surface area contributed by atoms with E-state index in [0.29, 0.717) is 6.54 Å². The van der Waals surface area contributed by atoms with Crippen LogP contribution in [0.2, 0.25) is 0 Å². The first kappa shape index (κ1) is 17.2. The highest BCUT2D eigenvalue weighted by Crippen LogP contribution is 2.07. The summed E-state index contributed by atoms with van der Waals surface area (Å²) in [6.07, 6.45) is -0.479. The molecule has 0 fully saturated rings. The van der Waals surface area contributed by atoms with Crippen molar-refractivity contribution in [1.29, 1.82) is 0 Å². The van der Waals surface area contributed by atoms with Gasteiger partial charge in [0.15, 0.2) is 0 Å². The highest BCUT2D eigenvalue weighted by Gasteiger charge is 2.25. The molecule has 1 atom stereocenters. The molecule has 0 saturated carbocycles. The number of amides is 3. The van der Waals surface area contributed by atoms with Gasteiger partial charge in [0.25, 0.3) is 0 Å². The number of carbonyl (C=O) groups excluding carboxylic acids is 2. The van der Waals surface area contributed by atoms with Crippen molar-refractivity contribution < 1.29 is 24.6 Å². The monoisotopic (exact) mass is 275 g/mol. The van der Waals surface area contributed by atoms with E-state index in [-0.39, 0.29) is 19.0 Å². The summed E-state index contributed by atoms with van der Waals surface area (Å²) < 4.78 is 0. The van der Waals surface area contributed by atoms with Gasteiger partial charge >= 0.3 is 12.0 Å². The van der Waals surface area contributed by atoms with Gasteiger partial charge in [-0.2, -0.15) is 0 Å². The summed E-state index contributed by atoms with van der Waals surface area (Å²) in [6, 6.07) is -0.558. The number of likely N-dealkylation sites (N-methyl/N-ethyl adjacent to an activating group) is 2. The number of aliphatic carboxylic acids is 1. The number of nitrogens with zero attached hydrogens (tertiary/aromatic N) is 1.